The number of alkyl halides is 5. The van der Waals surface area contributed by atoms with Crippen LogP contribution < -0.4 is 0 Å². The van der Waals surface area contributed by atoms with E-state index in [9.17, 15) is 23.1 Å². The number of carbonyl (C=O) groups is 1. The number of nitrogens with zero attached hydrogens (tertiary/aromatic N) is 1. The molecule has 22 heavy (non-hydrogen) atoms. The lowest BCUT2D eigenvalue weighted by atomic mass is 9.96. The molecular formula is C12H14Cl2F3NO4. The molecule has 0 radical (unpaired) electrons. The van der Waals surface area contributed by atoms with Gasteiger partial charge in [-0.15, -0.1) is 6.58 Å². The molecule has 2 atom stereocenters. The molecule has 126 valence electrons. The molecule has 1 aliphatic heterocycles. The number of rotatable bonds is 6. The minimum atomic E-state index is -5.49. The predicted molar refractivity (Wildman–Crippen MR) is 73.0 cm³/mol. The van der Waals surface area contributed by atoms with Crippen molar-refractivity contribution in [2.45, 2.75) is 29.3 Å². The topological polar surface area (TPSA) is 59.0 Å². The third kappa shape index (κ3) is 3.00. The van der Waals surface area contributed by atoms with Crippen LogP contribution in [0.1, 0.15) is 6.92 Å². The summed E-state index contributed by atoms with van der Waals surface area (Å²) in [6.07, 6.45) is -3.52. The van der Waals surface area contributed by atoms with Gasteiger partial charge in [-0.2, -0.15) is 13.2 Å². The molecule has 5 nitrogen and oxygen atoms in total. The lowest BCUT2D eigenvalue weighted by molar-refractivity contribution is -0.275. The van der Waals surface area contributed by atoms with E-state index in [-0.39, 0.29) is 6.54 Å². The van der Waals surface area contributed by atoms with Crippen molar-refractivity contribution in [3.05, 3.63) is 25.1 Å². The highest BCUT2D eigenvalue weighted by atomic mass is 35.5. The summed E-state index contributed by atoms with van der Waals surface area (Å²) in [7, 11) is 0. The van der Waals surface area contributed by atoms with Gasteiger partial charge in [-0.25, -0.2) is 4.79 Å². The van der Waals surface area contributed by atoms with Crippen LogP contribution in [-0.4, -0.2) is 51.5 Å². The molecule has 0 aromatic heterocycles. The molecule has 0 saturated carbocycles. The normalized spacial score (nSPS) is 21.2. The summed E-state index contributed by atoms with van der Waals surface area (Å²) in [5.74, 6) is -2.01. The van der Waals surface area contributed by atoms with Gasteiger partial charge in [0.25, 0.3) is 5.60 Å². The predicted octanol–water partition coefficient (Wildman–Crippen LogP) is 2.33. The van der Waals surface area contributed by atoms with Gasteiger partial charge in [0.05, 0.1) is 6.61 Å². The first-order valence-electron chi connectivity index (χ1n) is 6.07. The van der Waals surface area contributed by atoms with Crippen molar-refractivity contribution >= 4 is 29.2 Å². The number of hydrogen-bond acceptors (Lipinski definition) is 5. The maximum atomic E-state index is 13.3. The van der Waals surface area contributed by atoms with Gasteiger partial charge in [0.15, 0.2) is 0 Å². The molecule has 1 aliphatic rings. The molecule has 0 spiro atoms. The Morgan fingerprint density at radius 2 is 2.14 bits per heavy atom. The second-order valence-corrected chi connectivity index (χ2v) is 5.70. The zero-order chi connectivity index (χ0) is 17.2. The quantitative estimate of drug-likeness (QED) is 0.446. The van der Waals surface area contributed by atoms with Gasteiger partial charge in [0.1, 0.15) is 6.26 Å². The number of ether oxygens (including phenoxy) is 2. The first-order chi connectivity index (χ1) is 10.0. The lowest BCUT2D eigenvalue weighted by Gasteiger charge is -2.42. The summed E-state index contributed by atoms with van der Waals surface area (Å²) in [5, 5.41) is 10.00. The number of aliphatic hydroxyl groups is 1. The van der Waals surface area contributed by atoms with Crippen molar-refractivity contribution in [3.8, 4) is 0 Å². The number of carbonyl (C=O) groups excluding carboxylic acids is 1. The fourth-order valence-corrected chi connectivity index (χ4v) is 2.52. The van der Waals surface area contributed by atoms with Gasteiger partial charge in [0.2, 0.25) is 10.6 Å². The first-order valence-corrected chi connectivity index (χ1v) is 6.82. The number of hydrogen-bond donors (Lipinski definition) is 1. The first kappa shape index (κ1) is 18.9. The monoisotopic (exact) mass is 363 g/mol. The second-order valence-electron chi connectivity index (χ2n) is 4.31. The van der Waals surface area contributed by atoms with Crippen LogP contribution in [0.3, 0.4) is 0 Å². The number of halogens is 5. The van der Waals surface area contributed by atoms with Crippen LogP contribution in [0.15, 0.2) is 25.1 Å². The van der Waals surface area contributed by atoms with Crippen LogP contribution in [0.4, 0.5) is 13.2 Å². The molecule has 0 saturated heterocycles. The molecule has 0 aromatic carbocycles. The Morgan fingerprint density at radius 1 is 1.55 bits per heavy atom. The van der Waals surface area contributed by atoms with Gasteiger partial charge in [-0.3, -0.25) is 0 Å². The van der Waals surface area contributed by atoms with Gasteiger partial charge in [0, 0.05) is 12.7 Å². The van der Waals surface area contributed by atoms with E-state index in [1.165, 1.54) is 19.2 Å². The molecule has 0 bridgehead atoms. The summed E-state index contributed by atoms with van der Waals surface area (Å²) in [6, 6.07) is 0. The third-order valence-corrected chi connectivity index (χ3v) is 3.79. The highest BCUT2D eigenvalue weighted by molar-refractivity contribution is 6.51. The third-order valence-electron chi connectivity index (χ3n) is 2.87. The van der Waals surface area contributed by atoms with Gasteiger partial charge < -0.3 is 19.5 Å². The van der Waals surface area contributed by atoms with Crippen LogP contribution >= 0.6 is 23.2 Å². The molecule has 1 heterocycles. The fourth-order valence-electron chi connectivity index (χ4n) is 1.80. The highest BCUT2D eigenvalue weighted by Crippen LogP contribution is 2.50. The summed E-state index contributed by atoms with van der Waals surface area (Å²) < 4.78 is 46.0. The maximum Gasteiger partial charge on any atom is 0.431 e. The zero-order valence-electron chi connectivity index (χ0n) is 11.4. The van der Waals surface area contributed by atoms with Crippen LogP contribution in [0, 0.1) is 0 Å². The van der Waals surface area contributed by atoms with E-state index in [1.54, 1.807) is 0 Å². The van der Waals surface area contributed by atoms with Gasteiger partial charge in [-0.1, -0.05) is 29.3 Å². The summed E-state index contributed by atoms with van der Waals surface area (Å²) >= 11 is 11.5. The Hall–Kier alpha value is -1.12. The van der Waals surface area contributed by atoms with Crippen molar-refractivity contribution in [3.63, 3.8) is 0 Å². The van der Waals surface area contributed by atoms with Crippen molar-refractivity contribution in [2.75, 3.05) is 13.2 Å². The molecule has 10 heteroatoms. The van der Waals surface area contributed by atoms with Gasteiger partial charge >= 0.3 is 12.1 Å². The Labute approximate surface area is 134 Å². The Kier molecular flexibility index (Phi) is 5.64. The summed E-state index contributed by atoms with van der Waals surface area (Å²) in [4.78, 5) is 12.8. The molecule has 1 N–H and O–H groups in total. The van der Waals surface area contributed by atoms with E-state index in [1.807, 2.05) is 0 Å². The van der Waals surface area contributed by atoms with Crippen molar-refractivity contribution in [1.82, 2.24) is 4.90 Å². The SMILES string of the molecule is C=CCN1C=COC1C(Cl)(Cl)C(O)(C(=O)OCC)C(F)(F)F. The van der Waals surface area contributed by atoms with E-state index in [0.717, 1.165) is 11.2 Å². The Balaban J connectivity index is 3.28. The van der Waals surface area contributed by atoms with E-state index >= 15 is 0 Å². The Morgan fingerprint density at radius 3 is 2.59 bits per heavy atom. The molecule has 0 amide bonds. The molecule has 0 aromatic rings. The van der Waals surface area contributed by atoms with E-state index < -0.39 is 34.9 Å². The number of esters is 1. The van der Waals surface area contributed by atoms with Crippen LogP contribution in [-0.2, 0) is 14.3 Å². The largest absolute Gasteiger partial charge is 0.473 e. The molecule has 0 fully saturated rings. The highest BCUT2D eigenvalue weighted by Gasteiger charge is 2.75. The second kappa shape index (κ2) is 6.55. The van der Waals surface area contributed by atoms with Crippen LogP contribution in [0.5, 0.6) is 0 Å². The molecule has 1 rings (SSSR count). The average molecular weight is 364 g/mol. The van der Waals surface area contributed by atoms with Crippen molar-refractivity contribution in [2.24, 2.45) is 0 Å². The zero-order valence-corrected chi connectivity index (χ0v) is 13.0. The fraction of sp³-hybridized carbons (Fsp3) is 0.583. The van der Waals surface area contributed by atoms with Crippen LogP contribution in [0.2, 0.25) is 0 Å². The molecule has 0 aliphatic carbocycles. The summed E-state index contributed by atoms with van der Waals surface area (Å²) in [6.45, 7) is 4.32. The van der Waals surface area contributed by atoms with E-state index in [2.05, 4.69) is 11.3 Å². The lowest BCUT2D eigenvalue weighted by Crippen LogP contribution is -2.69. The standard InChI is InChI=1S/C12H14Cl2F3NO4/c1-3-5-18-6-7-22-8(18)11(13,14)10(20,12(15,16)17)9(19)21-4-2/h3,6-8,20H,1,4-5H2,2H3. The van der Waals surface area contributed by atoms with E-state index in [0.29, 0.717) is 0 Å². The minimum Gasteiger partial charge on any atom is -0.473 e. The molecular weight excluding hydrogens is 350 g/mol. The van der Waals surface area contributed by atoms with Crippen LogP contribution in [0.25, 0.3) is 0 Å². The van der Waals surface area contributed by atoms with Crippen molar-refractivity contribution < 1.29 is 32.5 Å². The smallest absolute Gasteiger partial charge is 0.431 e. The molecule has 2 unspecified atom stereocenters. The minimum absolute atomic E-state index is 0.0269. The maximum absolute atomic E-state index is 13.3. The Bertz CT molecular complexity index is 470. The summed E-state index contributed by atoms with van der Waals surface area (Å²) in [5.41, 5.74) is -4.19. The van der Waals surface area contributed by atoms with Crippen molar-refractivity contribution in [1.29, 1.82) is 0 Å². The van der Waals surface area contributed by atoms with Gasteiger partial charge in [-0.05, 0) is 6.92 Å². The van der Waals surface area contributed by atoms with E-state index in [4.69, 9.17) is 27.9 Å². The average Bonchev–Trinajstić information content (AvgIpc) is 2.85.